The number of benzene rings is 1. The summed E-state index contributed by atoms with van der Waals surface area (Å²) in [5.41, 5.74) is 0.479. The van der Waals surface area contributed by atoms with Gasteiger partial charge in [0.05, 0.1) is 4.47 Å². The number of rotatable bonds is 4. The van der Waals surface area contributed by atoms with Crippen LogP contribution in [0.3, 0.4) is 0 Å². The van der Waals surface area contributed by atoms with Crippen molar-refractivity contribution in [2.24, 2.45) is 0 Å². The highest BCUT2D eigenvalue weighted by Gasteiger charge is 2.11. The fourth-order valence-corrected chi connectivity index (χ4v) is 2.63. The lowest BCUT2D eigenvalue weighted by atomic mass is 10.1. The number of carbonyl (C=O) groups excluding carboxylic acids is 1. The van der Waals surface area contributed by atoms with Crippen molar-refractivity contribution in [1.82, 2.24) is 10.2 Å². The van der Waals surface area contributed by atoms with Crippen molar-refractivity contribution < 1.29 is 9.18 Å². The van der Waals surface area contributed by atoms with Crippen molar-refractivity contribution in [3.63, 3.8) is 0 Å². The molecule has 19 heavy (non-hydrogen) atoms. The predicted molar refractivity (Wildman–Crippen MR) is 76.7 cm³/mol. The Morgan fingerprint density at radius 3 is 2.74 bits per heavy atom. The number of hydrogen-bond donors (Lipinski definition) is 1. The molecular formula is C14H18BrFN2O. The SMILES string of the molecule is O=C(NCCN1CCCCC1)c1ccc(F)c(Br)c1. The molecule has 1 saturated heterocycles. The number of carbonyl (C=O) groups is 1. The van der Waals surface area contributed by atoms with Crippen LogP contribution in [0.5, 0.6) is 0 Å². The Morgan fingerprint density at radius 2 is 2.05 bits per heavy atom. The second-order valence-corrected chi connectivity index (χ2v) is 5.64. The van der Waals surface area contributed by atoms with Crippen LogP contribution in [-0.2, 0) is 0 Å². The lowest BCUT2D eigenvalue weighted by Gasteiger charge is -2.26. The maximum absolute atomic E-state index is 13.1. The van der Waals surface area contributed by atoms with E-state index >= 15 is 0 Å². The van der Waals surface area contributed by atoms with E-state index in [4.69, 9.17) is 0 Å². The van der Waals surface area contributed by atoms with E-state index in [0.29, 0.717) is 16.6 Å². The van der Waals surface area contributed by atoms with Crippen LogP contribution in [-0.4, -0.2) is 37.0 Å². The topological polar surface area (TPSA) is 32.3 Å². The van der Waals surface area contributed by atoms with E-state index in [1.807, 2.05) is 0 Å². The van der Waals surface area contributed by atoms with E-state index in [1.165, 1.54) is 37.5 Å². The van der Waals surface area contributed by atoms with Crippen LogP contribution in [0.1, 0.15) is 29.6 Å². The van der Waals surface area contributed by atoms with Crippen LogP contribution in [0.2, 0.25) is 0 Å². The van der Waals surface area contributed by atoms with Gasteiger partial charge in [-0.2, -0.15) is 0 Å². The Bertz CT molecular complexity index is 447. The molecule has 1 heterocycles. The van der Waals surface area contributed by atoms with Crippen molar-refractivity contribution in [2.45, 2.75) is 19.3 Å². The number of nitrogens with zero attached hydrogens (tertiary/aromatic N) is 1. The van der Waals surface area contributed by atoms with E-state index < -0.39 is 0 Å². The molecule has 104 valence electrons. The van der Waals surface area contributed by atoms with Crippen LogP contribution in [0.15, 0.2) is 22.7 Å². The van der Waals surface area contributed by atoms with Crippen LogP contribution >= 0.6 is 15.9 Å². The Balaban J connectivity index is 1.78. The van der Waals surface area contributed by atoms with Gasteiger partial charge in [0.15, 0.2) is 0 Å². The zero-order valence-electron chi connectivity index (χ0n) is 10.8. The van der Waals surface area contributed by atoms with E-state index in [1.54, 1.807) is 0 Å². The van der Waals surface area contributed by atoms with Crippen LogP contribution in [0.4, 0.5) is 4.39 Å². The largest absolute Gasteiger partial charge is 0.351 e. The van der Waals surface area contributed by atoms with Crippen molar-refractivity contribution in [2.75, 3.05) is 26.2 Å². The van der Waals surface area contributed by atoms with Crippen LogP contribution in [0.25, 0.3) is 0 Å². The molecule has 0 aromatic heterocycles. The minimum Gasteiger partial charge on any atom is -0.351 e. The molecule has 0 atom stereocenters. The van der Waals surface area contributed by atoms with Crippen molar-refractivity contribution in [3.05, 3.63) is 34.1 Å². The molecule has 0 aliphatic carbocycles. The second kappa shape index (κ2) is 7.01. The van der Waals surface area contributed by atoms with E-state index in [0.717, 1.165) is 19.6 Å². The summed E-state index contributed by atoms with van der Waals surface area (Å²) >= 11 is 3.08. The first-order valence-corrected chi connectivity index (χ1v) is 7.42. The molecule has 0 radical (unpaired) electrons. The zero-order chi connectivity index (χ0) is 13.7. The highest BCUT2D eigenvalue weighted by atomic mass is 79.9. The molecule has 3 nitrogen and oxygen atoms in total. The van der Waals surface area contributed by atoms with Gasteiger partial charge in [-0.25, -0.2) is 4.39 Å². The van der Waals surface area contributed by atoms with Crippen LogP contribution in [0, 0.1) is 5.82 Å². The van der Waals surface area contributed by atoms with Crippen LogP contribution < -0.4 is 5.32 Å². The molecule has 2 rings (SSSR count). The van der Waals surface area contributed by atoms with Crippen molar-refractivity contribution in [3.8, 4) is 0 Å². The lowest BCUT2D eigenvalue weighted by Crippen LogP contribution is -2.37. The predicted octanol–water partition coefficient (Wildman–Crippen LogP) is 2.80. The molecule has 0 bridgehead atoms. The Morgan fingerprint density at radius 1 is 1.32 bits per heavy atom. The molecule has 1 aliphatic heterocycles. The smallest absolute Gasteiger partial charge is 0.251 e. The second-order valence-electron chi connectivity index (χ2n) is 4.79. The first-order chi connectivity index (χ1) is 9.16. The number of nitrogens with one attached hydrogen (secondary N) is 1. The molecule has 5 heteroatoms. The Kier molecular flexibility index (Phi) is 5.34. The maximum Gasteiger partial charge on any atom is 0.251 e. The molecular weight excluding hydrogens is 311 g/mol. The molecule has 1 N–H and O–H groups in total. The third-order valence-electron chi connectivity index (χ3n) is 3.34. The average molecular weight is 329 g/mol. The summed E-state index contributed by atoms with van der Waals surface area (Å²) in [6, 6.07) is 4.30. The van der Waals surface area contributed by atoms with Gasteiger partial charge >= 0.3 is 0 Å². The van der Waals surface area contributed by atoms with Gasteiger partial charge in [0.2, 0.25) is 0 Å². The number of hydrogen-bond acceptors (Lipinski definition) is 2. The van der Waals surface area contributed by atoms with Crippen molar-refractivity contribution in [1.29, 1.82) is 0 Å². The van der Waals surface area contributed by atoms with Gasteiger partial charge in [0.25, 0.3) is 5.91 Å². The van der Waals surface area contributed by atoms with Gasteiger partial charge in [-0.1, -0.05) is 6.42 Å². The maximum atomic E-state index is 13.1. The van der Waals surface area contributed by atoms with E-state index in [-0.39, 0.29) is 11.7 Å². The number of halogens is 2. The highest BCUT2D eigenvalue weighted by Crippen LogP contribution is 2.16. The molecule has 1 aliphatic rings. The summed E-state index contributed by atoms with van der Waals surface area (Å²) in [4.78, 5) is 14.2. The monoisotopic (exact) mass is 328 g/mol. The summed E-state index contributed by atoms with van der Waals surface area (Å²) in [6.07, 6.45) is 3.81. The Hall–Kier alpha value is -0.940. The fourth-order valence-electron chi connectivity index (χ4n) is 2.25. The minimum absolute atomic E-state index is 0.155. The van der Waals surface area contributed by atoms with Crippen molar-refractivity contribution >= 4 is 21.8 Å². The number of likely N-dealkylation sites (tertiary alicyclic amines) is 1. The van der Waals surface area contributed by atoms with Gasteiger partial charge in [0.1, 0.15) is 5.82 Å². The Labute approximate surface area is 121 Å². The summed E-state index contributed by atoms with van der Waals surface area (Å²) in [5, 5.41) is 2.87. The third-order valence-corrected chi connectivity index (χ3v) is 3.95. The quantitative estimate of drug-likeness (QED) is 0.921. The molecule has 0 spiro atoms. The first kappa shape index (κ1) is 14.5. The summed E-state index contributed by atoms with van der Waals surface area (Å²) in [6.45, 7) is 3.76. The summed E-state index contributed by atoms with van der Waals surface area (Å²) in [5.74, 6) is -0.512. The van der Waals surface area contributed by atoms with Gasteiger partial charge < -0.3 is 10.2 Å². The average Bonchev–Trinajstić information content (AvgIpc) is 2.43. The van der Waals surface area contributed by atoms with Gasteiger partial charge in [-0.3, -0.25) is 4.79 Å². The van der Waals surface area contributed by atoms with Gasteiger partial charge in [-0.15, -0.1) is 0 Å². The molecule has 0 unspecified atom stereocenters. The number of piperidine rings is 1. The third kappa shape index (κ3) is 4.28. The molecule has 1 aromatic rings. The lowest BCUT2D eigenvalue weighted by molar-refractivity contribution is 0.0946. The molecule has 0 saturated carbocycles. The summed E-state index contributed by atoms with van der Waals surface area (Å²) in [7, 11) is 0. The van der Waals surface area contributed by atoms with E-state index in [9.17, 15) is 9.18 Å². The standard InChI is InChI=1S/C14H18BrFN2O/c15-12-10-11(4-5-13(12)16)14(19)17-6-9-18-7-2-1-3-8-18/h4-5,10H,1-3,6-9H2,(H,17,19). The zero-order valence-corrected chi connectivity index (χ0v) is 12.4. The fraction of sp³-hybridized carbons (Fsp3) is 0.500. The normalized spacial score (nSPS) is 16.3. The van der Waals surface area contributed by atoms with E-state index in [2.05, 4.69) is 26.1 Å². The van der Waals surface area contributed by atoms with Gasteiger partial charge in [-0.05, 0) is 60.1 Å². The highest BCUT2D eigenvalue weighted by molar-refractivity contribution is 9.10. The number of amides is 1. The minimum atomic E-state index is -0.357. The van der Waals surface area contributed by atoms with Gasteiger partial charge in [0, 0.05) is 18.7 Å². The molecule has 1 amide bonds. The molecule has 1 aromatic carbocycles. The molecule has 1 fully saturated rings. The first-order valence-electron chi connectivity index (χ1n) is 6.62. The summed E-state index contributed by atoms with van der Waals surface area (Å²) < 4.78 is 13.4.